The summed E-state index contributed by atoms with van der Waals surface area (Å²) >= 11 is 7.59. The first-order chi connectivity index (χ1) is 11.3. The molecule has 1 aliphatic rings. The molecule has 3 nitrogen and oxygen atoms in total. The van der Waals surface area contributed by atoms with Crippen molar-refractivity contribution in [3.05, 3.63) is 53.0 Å². The Bertz CT molecular complexity index is 794. The predicted molar refractivity (Wildman–Crippen MR) is 96.9 cm³/mol. The molecule has 0 bridgehead atoms. The summed E-state index contributed by atoms with van der Waals surface area (Å²) in [5.41, 5.74) is 4.25. The third-order valence-electron chi connectivity index (χ3n) is 4.24. The molecule has 1 aromatic heterocycles. The van der Waals surface area contributed by atoms with Gasteiger partial charge in [0.2, 0.25) is 0 Å². The maximum atomic E-state index is 6.06. The van der Waals surface area contributed by atoms with Crippen LogP contribution in [0.1, 0.15) is 12.8 Å². The lowest BCUT2D eigenvalue weighted by atomic mass is 10.1. The van der Waals surface area contributed by atoms with Gasteiger partial charge in [0.1, 0.15) is 11.9 Å². The van der Waals surface area contributed by atoms with Crippen LogP contribution in [-0.2, 0) is 0 Å². The molecule has 0 radical (unpaired) electrons. The van der Waals surface area contributed by atoms with E-state index in [4.69, 9.17) is 16.3 Å². The number of aromatic nitrogens is 1. The molecule has 0 saturated carbocycles. The molecule has 0 N–H and O–H groups in total. The number of rotatable bonds is 3. The fourth-order valence-corrected chi connectivity index (χ4v) is 3.77. The number of anilines is 1. The summed E-state index contributed by atoms with van der Waals surface area (Å²) < 4.78 is 7.30. The van der Waals surface area contributed by atoms with Gasteiger partial charge in [0, 0.05) is 36.6 Å². The highest BCUT2D eigenvalue weighted by molar-refractivity contribution is 7.16. The average molecular weight is 345 g/mol. The fourth-order valence-electron chi connectivity index (χ4n) is 2.98. The zero-order valence-corrected chi connectivity index (χ0v) is 14.2. The summed E-state index contributed by atoms with van der Waals surface area (Å²) in [5.74, 6) is 0.900. The van der Waals surface area contributed by atoms with E-state index in [1.807, 2.05) is 29.8 Å². The van der Waals surface area contributed by atoms with Crippen LogP contribution < -0.4 is 9.64 Å². The van der Waals surface area contributed by atoms with Gasteiger partial charge in [-0.05, 0) is 42.5 Å². The molecule has 5 heteroatoms. The summed E-state index contributed by atoms with van der Waals surface area (Å²) in [6.45, 7) is 2.02. The molecule has 0 amide bonds. The molecule has 1 fully saturated rings. The van der Waals surface area contributed by atoms with Crippen LogP contribution in [0.25, 0.3) is 10.2 Å². The molecule has 4 rings (SSSR count). The van der Waals surface area contributed by atoms with Gasteiger partial charge in [-0.15, -0.1) is 11.3 Å². The van der Waals surface area contributed by atoms with Crippen LogP contribution in [0.5, 0.6) is 5.75 Å². The van der Waals surface area contributed by atoms with E-state index in [1.165, 1.54) is 10.4 Å². The fraction of sp³-hybridized carbons (Fsp3) is 0.278. The third kappa shape index (κ3) is 3.28. The van der Waals surface area contributed by atoms with E-state index in [-0.39, 0.29) is 6.10 Å². The van der Waals surface area contributed by atoms with Gasteiger partial charge in [-0.25, -0.2) is 4.98 Å². The number of hydrogen-bond acceptors (Lipinski definition) is 4. The Morgan fingerprint density at radius 3 is 2.65 bits per heavy atom. The molecule has 0 aliphatic carbocycles. The van der Waals surface area contributed by atoms with E-state index in [1.54, 1.807) is 11.3 Å². The lowest BCUT2D eigenvalue weighted by Crippen LogP contribution is -2.38. The third-order valence-corrected chi connectivity index (χ3v) is 5.30. The normalized spacial score (nSPS) is 16.0. The van der Waals surface area contributed by atoms with Gasteiger partial charge in [0.15, 0.2) is 0 Å². The molecule has 1 aliphatic heterocycles. The largest absolute Gasteiger partial charge is 0.490 e. The maximum absolute atomic E-state index is 6.06. The van der Waals surface area contributed by atoms with Gasteiger partial charge < -0.3 is 9.64 Å². The van der Waals surface area contributed by atoms with Crippen LogP contribution in [0.15, 0.2) is 48.0 Å². The van der Waals surface area contributed by atoms with Crippen molar-refractivity contribution in [3.8, 4) is 5.75 Å². The van der Waals surface area contributed by atoms with Crippen LogP contribution in [-0.4, -0.2) is 24.2 Å². The van der Waals surface area contributed by atoms with Gasteiger partial charge in [0.05, 0.1) is 15.7 Å². The topological polar surface area (TPSA) is 25.4 Å². The number of halogens is 1. The van der Waals surface area contributed by atoms with Crippen molar-refractivity contribution in [2.45, 2.75) is 18.9 Å². The van der Waals surface area contributed by atoms with E-state index in [0.29, 0.717) is 0 Å². The Labute approximate surface area is 144 Å². The summed E-state index contributed by atoms with van der Waals surface area (Å²) in [7, 11) is 0. The number of piperidine rings is 1. The highest BCUT2D eigenvalue weighted by Gasteiger charge is 2.21. The summed E-state index contributed by atoms with van der Waals surface area (Å²) in [5, 5.41) is 0.740. The number of ether oxygens (including phenoxy) is 1. The smallest absolute Gasteiger partial charge is 0.119 e. The van der Waals surface area contributed by atoms with Crippen LogP contribution in [0.2, 0.25) is 5.02 Å². The first kappa shape index (κ1) is 14.8. The van der Waals surface area contributed by atoms with E-state index in [9.17, 15) is 0 Å². The van der Waals surface area contributed by atoms with Crippen molar-refractivity contribution in [2.75, 3.05) is 18.0 Å². The van der Waals surface area contributed by atoms with Crippen molar-refractivity contribution >= 4 is 38.8 Å². The SMILES string of the molecule is Clc1ccc(OC2CCN(c3ccc4scnc4c3)CC2)cc1. The van der Waals surface area contributed by atoms with Gasteiger partial charge in [-0.2, -0.15) is 0 Å². The maximum Gasteiger partial charge on any atom is 0.119 e. The second kappa shape index (κ2) is 6.38. The van der Waals surface area contributed by atoms with E-state index >= 15 is 0 Å². The molecule has 1 saturated heterocycles. The van der Waals surface area contributed by atoms with E-state index in [0.717, 1.165) is 42.2 Å². The zero-order valence-electron chi connectivity index (χ0n) is 12.6. The number of nitrogens with zero attached hydrogens (tertiary/aromatic N) is 2. The Balaban J connectivity index is 1.39. The molecule has 0 spiro atoms. The van der Waals surface area contributed by atoms with Gasteiger partial charge >= 0.3 is 0 Å². The van der Waals surface area contributed by atoms with E-state index < -0.39 is 0 Å². The Kier molecular flexibility index (Phi) is 4.10. The quantitative estimate of drug-likeness (QED) is 0.668. The van der Waals surface area contributed by atoms with Gasteiger partial charge in [-0.1, -0.05) is 11.6 Å². The number of hydrogen-bond donors (Lipinski definition) is 0. The molecule has 0 unspecified atom stereocenters. The summed E-state index contributed by atoms with van der Waals surface area (Å²) in [6, 6.07) is 14.2. The molecule has 0 atom stereocenters. The molecule has 3 aromatic rings. The summed E-state index contributed by atoms with van der Waals surface area (Å²) in [4.78, 5) is 6.83. The van der Waals surface area contributed by atoms with Crippen LogP contribution in [0, 0.1) is 0 Å². The molecular weight excluding hydrogens is 328 g/mol. The van der Waals surface area contributed by atoms with Crippen molar-refractivity contribution in [1.29, 1.82) is 0 Å². The molecule has 2 aromatic carbocycles. The monoisotopic (exact) mass is 344 g/mol. The van der Waals surface area contributed by atoms with Crippen LogP contribution in [0.4, 0.5) is 5.69 Å². The van der Waals surface area contributed by atoms with Gasteiger partial charge in [-0.3, -0.25) is 0 Å². The first-order valence-corrected chi connectivity index (χ1v) is 9.04. The Morgan fingerprint density at radius 2 is 1.87 bits per heavy atom. The minimum atomic E-state index is 0.274. The van der Waals surface area contributed by atoms with E-state index in [2.05, 4.69) is 28.1 Å². The Hall–Kier alpha value is -1.78. The van der Waals surface area contributed by atoms with Crippen LogP contribution in [0.3, 0.4) is 0 Å². The second-order valence-electron chi connectivity index (χ2n) is 5.76. The number of benzene rings is 2. The van der Waals surface area contributed by atoms with Crippen molar-refractivity contribution < 1.29 is 4.74 Å². The van der Waals surface area contributed by atoms with Crippen molar-refractivity contribution in [3.63, 3.8) is 0 Å². The lowest BCUT2D eigenvalue weighted by Gasteiger charge is -2.33. The Morgan fingerprint density at radius 1 is 1.09 bits per heavy atom. The van der Waals surface area contributed by atoms with Gasteiger partial charge in [0.25, 0.3) is 0 Å². The second-order valence-corrected chi connectivity index (χ2v) is 7.09. The molecular formula is C18H17ClN2OS. The summed E-state index contributed by atoms with van der Waals surface area (Å²) in [6.07, 6.45) is 2.32. The van der Waals surface area contributed by atoms with Crippen LogP contribution >= 0.6 is 22.9 Å². The minimum absolute atomic E-state index is 0.274. The number of thiazole rings is 1. The standard InChI is InChI=1S/C18H17ClN2OS/c19-13-1-4-15(5-2-13)22-16-7-9-21(10-8-16)14-3-6-18-17(11-14)20-12-23-18/h1-6,11-12,16H,7-10H2. The van der Waals surface area contributed by atoms with Crippen molar-refractivity contribution in [2.24, 2.45) is 0 Å². The van der Waals surface area contributed by atoms with Crippen molar-refractivity contribution in [1.82, 2.24) is 4.98 Å². The molecule has 23 heavy (non-hydrogen) atoms. The molecule has 2 heterocycles. The predicted octanol–water partition coefficient (Wildman–Crippen LogP) is 5.00. The zero-order chi connectivity index (χ0) is 15.6. The highest BCUT2D eigenvalue weighted by atomic mass is 35.5. The first-order valence-electron chi connectivity index (χ1n) is 7.78. The molecule has 118 valence electrons. The number of fused-ring (bicyclic) bond motifs is 1. The lowest BCUT2D eigenvalue weighted by molar-refractivity contribution is 0.171. The highest BCUT2D eigenvalue weighted by Crippen LogP contribution is 2.27. The minimum Gasteiger partial charge on any atom is -0.490 e. The average Bonchev–Trinajstić information content (AvgIpc) is 3.05.